The third kappa shape index (κ3) is 5.36. The minimum absolute atomic E-state index is 0.223. The zero-order valence-electron chi connectivity index (χ0n) is 10.9. The van der Waals surface area contributed by atoms with Gasteiger partial charge in [0.15, 0.2) is 0 Å². The van der Waals surface area contributed by atoms with E-state index in [1.165, 1.54) is 25.3 Å². The van der Waals surface area contributed by atoms with Crippen LogP contribution in [-0.2, 0) is 9.53 Å². The molecular formula is C13H15Cl2NO4. The second-order valence-corrected chi connectivity index (χ2v) is 5.03. The SMILES string of the molecule is COCCCC(NC(=O)c1cc(Cl)cc(Cl)c1)C(=O)O. The number of hydrogen-bond acceptors (Lipinski definition) is 3. The van der Waals surface area contributed by atoms with Crippen LogP contribution in [0.2, 0.25) is 10.0 Å². The van der Waals surface area contributed by atoms with Crippen LogP contribution in [0.15, 0.2) is 18.2 Å². The van der Waals surface area contributed by atoms with Gasteiger partial charge in [0, 0.05) is 29.3 Å². The molecule has 1 unspecified atom stereocenters. The molecule has 0 aliphatic carbocycles. The smallest absolute Gasteiger partial charge is 0.326 e. The molecule has 0 saturated carbocycles. The van der Waals surface area contributed by atoms with Crippen molar-refractivity contribution in [2.75, 3.05) is 13.7 Å². The average Bonchev–Trinajstić information content (AvgIpc) is 2.36. The molecule has 1 amide bonds. The van der Waals surface area contributed by atoms with Crippen molar-refractivity contribution in [2.24, 2.45) is 0 Å². The maximum Gasteiger partial charge on any atom is 0.326 e. The topological polar surface area (TPSA) is 75.6 Å². The van der Waals surface area contributed by atoms with Crippen LogP contribution in [-0.4, -0.2) is 36.7 Å². The number of halogens is 2. The van der Waals surface area contributed by atoms with E-state index in [4.69, 9.17) is 33.0 Å². The van der Waals surface area contributed by atoms with Gasteiger partial charge in [0.2, 0.25) is 0 Å². The minimum Gasteiger partial charge on any atom is -0.480 e. The van der Waals surface area contributed by atoms with E-state index in [0.717, 1.165) is 0 Å². The number of aliphatic carboxylic acids is 1. The van der Waals surface area contributed by atoms with Crippen LogP contribution in [0.5, 0.6) is 0 Å². The second kappa shape index (κ2) is 8.09. The molecule has 1 aromatic carbocycles. The molecule has 7 heteroatoms. The summed E-state index contributed by atoms with van der Waals surface area (Å²) >= 11 is 11.6. The normalized spacial score (nSPS) is 11.9. The summed E-state index contributed by atoms with van der Waals surface area (Å²) in [6, 6.07) is 3.37. The summed E-state index contributed by atoms with van der Waals surface area (Å²) in [5.74, 6) is -1.62. The lowest BCUT2D eigenvalue weighted by molar-refractivity contribution is -0.139. The number of methoxy groups -OCH3 is 1. The Kier molecular flexibility index (Phi) is 6.78. The van der Waals surface area contributed by atoms with Crippen LogP contribution in [0.1, 0.15) is 23.2 Å². The molecule has 2 N–H and O–H groups in total. The van der Waals surface area contributed by atoms with Gasteiger partial charge >= 0.3 is 5.97 Å². The Morgan fingerprint density at radius 2 is 1.90 bits per heavy atom. The lowest BCUT2D eigenvalue weighted by Crippen LogP contribution is -2.40. The number of carbonyl (C=O) groups excluding carboxylic acids is 1. The molecule has 0 heterocycles. The zero-order valence-corrected chi connectivity index (χ0v) is 12.4. The first-order valence-electron chi connectivity index (χ1n) is 5.92. The molecule has 0 aromatic heterocycles. The van der Waals surface area contributed by atoms with E-state index in [1.807, 2.05) is 0 Å². The van der Waals surface area contributed by atoms with Gasteiger partial charge in [0.25, 0.3) is 5.91 Å². The van der Waals surface area contributed by atoms with Crippen molar-refractivity contribution in [1.82, 2.24) is 5.32 Å². The fourth-order valence-corrected chi connectivity index (χ4v) is 2.14. The maximum atomic E-state index is 12.0. The van der Waals surface area contributed by atoms with Crippen molar-refractivity contribution in [1.29, 1.82) is 0 Å². The molecule has 110 valence electrons. The van der Waals surface area contributed by atoms with E-state index in [2.05, 4.69) is 5.32 Å². The van der Waals surface area contributed by atoms with Gasteiger partial charge in [0.1, 0.15) is 6.04 Å². The third-order valence-corrected chi connectivity index (χ3v) is 3.01. The Morgan fingerprint density at radius 1 is 1.30 bits per heavy atom. The Balaban J connectivity index is 2.72. The molecule has 0 spiro atoms. The number of carbonyl (C=O) groups is 2. The number of amides is 1. The van der Waals surface area contributed by atoms with Gasteiger partial charge < -0.3 is 15.2 Å². The highest BCUT2D eigenvalue weighted by Crippen LogP contribution is 2.19. The second-order valence-electron chi connectivity index (χ2n) is 4.16. The lowest BCUT2D eigenvalue weighted by atomic mass is 10.1. The van der Waals surface area contributed by atoms with Gasteiger partial charge in [-0.2, -0.15) is 0 Å². The quantitative estimate of drug-likeness (QED) is 0.757. The molecule has 1 rings (SSSR count). The van der Waals surface area contributed by atoms with E-state index in [-0.39, 0.29) is 12.0 Å². The van der Waals surface area contributed by atoms with Crippen LogP contribution < -0.4 is 5.32 Å². The predicted molar refractivity (Wildman–Crippen MR) is 76.5 cm³/mol. The van der Waals surface area contributed by atoms with Crippen LogP contribution in [0.4, 0.5) is 0 Å². The lowest BCUT2D eigenvalue weighted by Gasteiger charge is -2.14. The average molecular weight is 320 g/mol. The highest BCUT2D eigenvalue weighted by Gasteiger charge is 2.20. The molecule has 1 aromatic rings. The first-order valence-corrected chi connectivity index (χ1v) is 6.68. The van der Waals surface area contributed by atoms with Crippen molar-refractivity contribution in [3.05, 3.63) is 33.8 Å². The van der Waals surface area contributed by atoms with Gasteiger partial charge in [0.05, 0.1) is 0 Å². The molecular weight excluding hydrogens is 305 g/mol. The van der Waals surface area contributed by atoms with Crippen molar-refractivity contribution in [3.8, 4) is 0 Å². The summed E-state index contributed by atoms with van der Waals surface area (Å²) in [6.07, 6.45) is 0.813. The van der Waals surface area contributed by atoms with Crippen molar-refractivity contribution < 1.29 is 19.4 Å². The number of carboxylic acid groups (broad SMARTS) is 1. The summed E-state index contributed by atoms with van der Waals surface area (Å²) in [5.41, 5.74) is 0.223. The Labute approximate surface area is 126 Å². The number of nitrogens with one attached hydrogen (secondary N) is 1. The van der Waals surface area contributed by atoms with Crippen LogP contribution in [0.3, 0.4) is 0 Å². The number of carboxylic acids is 1. The molecule has 20 heavy (non-hydrogen) atoms. The van der Waals surface area contributed by atoms with Gasteiger partial charge in [-0.25, -0.2) is 4.79 Å². The molecule has 1 atom stereocenters. The van der Waals surface area contributed by atoms with E-state index < -0.39 is 17.9 Å². The molecule has 0 bridgehead atoms. The molecule has 0 aliphatic heterocycles. The number of rotatable bonds is 7. The highest BCUT2D eigenvalue weighted by atomic mass is 35.5. The molecule has 0 saturated heterocycles. The fourth-order valence-electron chi connectivity index (χ4n) is 1.62. The van der Waals surface area contributed by atoms with Gasteiger partial charge in [-0.15, -0.1) is 0 Å². The van der Waals surface area contributed by atoms with E-state index in [0.29, 0.717) is 23.1 Å². The van der Waals surface area contributed by atoms with Crippen molar-refractivity contribution >= 4 is 35.1 Å². The Morgan fingerprint density at radius 3 is 2.40 bits per heavy atom. The number of ether oxygens (including phenoxy) is 1. The first-order chi connectivity index (χ1) is 9.43. The van der Waals surface area contributed by atoms with Gasteiger partial charge in [-0.3, -0.25) is 4.79 Å². The Hall–Kier alpha value is -1.30. The third-order valence-electron chi connectivity index (χ3n) is 2.57. The highest BCUT2D eigenvalue weighted by molar-refractivity contribution is 6.35. The van der Waals surface area contributed by atoms with E-state index >= 15 is 0 Å². The van der Waals surface area contributed by atoms with Crippen molar-refractivity contribution in [2.45, 2.75) is 18.9 Å². The summed E-state index contributed by atoms with van der Waals surface area (Å²) in [7, 11) is 1.53. The standard InChI is InChI=1S/C13H15Cl2NO4/c1-20-4-2-3-11(13(18)19)16-12(17)8-5-9(14)7-10(15)6-8/h5-7,11H,2-4H2,1H3,(H,16,17)(H,18,19). The van der Waals surface area contributed by atoms with E-state index in [9.17, 15) is 9.59 Å². The van der Waals surface area contributed by atoms with Crippen LogP contribution in [0.25, 0.3) is 0 Å². The molecule has 0 aliphatic rings. The molecule has 0 fully saturated rings. The molecule has 0 radical (unpaired) electrons. The van der Waals surface area contributed by atoms with Crippen molar-refractivity contribution in [3.63, 3.8) is 0 Å². The molecule has 5 nitrogen and oxygen atoms in total. The van der Waals surface area contributed by atoms with Crippen LogP contribution in [0, 0.1) is 0 Å². The maximum absolute atomic E-state index is 12.0. The monoisotopic (exact) mass is 319 g/mol. The van der Waals surface area contributed by atoms with E-state index in [1.54, 1.807) is 0 Å². The van der Waals surface area contributed by atoms with Gasteiger partial charge in [-0.05, 0) is 31.0 Å². The fraction of sp³-hybridized carbons (Fsp3) is 0.385. The zero-order chi connectivity index (χ0) is 15.1. The number of benzene rings is 1. The van der Waals surface area contributed by atoms with Gasteiger partial charge in [-0.1, -0.05) is 23.2 Å². The summed E-state index contributed by atoms with van der Waals surface area (Å²) in [5, 5.41) is 12.1. The van der Waals surface area contributed by atoms with Crippen LogP contribution >= 0.6 is 23.2 Å². The Bertz CT molecular complexity index is 473. The summed E-state index contributed by atoms with van der Waals surface area (Å²) < 4.78 is 4.85. The summed E-state index contributed by atoms with van der Waals surface area (Å²) in [4.78, 5) is 23.1. The minimum atomic E-state index is -1.09. The summed E-state index contributed by atoms with van der Waals surface area (Å²) in [6.45, 7) is 0.433. The number of hydrogen-bond donors (Lipinski definition) is 2. The predicted octanol–water partition coefficient (Wildman–Crippen LogP) is 2.60. The largest absolute Gasteiger partial charge is 0.480 e. The first kappa shape index (κ1) is 16.8.